The van der Waals surface area contributed by atoms with Gasteiger partial charge >= 0.3 is 0 Å². The van der Waals surface area contributed by atoms with Crippen LogP contribution < -0.4 is 11.3 Å². The van der Waals surface area contributed by atoms with Crippen LogP contribution in [0.5, 0.6) is 0 Å². The van der Waals surface area contributed by atoms with Crippen LogP contribution in [0.3, 0.4) is 0 Å². The summed E-state index contributed by atoms with van der Waals surface area (Å²) in [6.45, 7) is 0. The zero-order valence-electron chi connectivity index (χ0n) is 10.1. The van der Waals surface area contributed by atoms with Crippen molar-refractivity contribution in [3.63, 3.8) is 0 Å². The molecule has 0 unspecified atom stereocenters. The summed E-state index contributed by atoms with van der Waals surface area (Å²) in [5.74, 6) is 0.455. The molecule has 1 aromatic carbocycles. The Bertz CT molecular complexity index is 667. The van der Waals surface area contributed by atoms with E-state index in [2.05, 4.69) is 15.9 Å². The molecule has 3 rings (SSSR count). The van der Waals surface area contributed by atoms with E-state index in [-0.39, 0.29) is 5.56 Å². The molecule has 94 valence electrons. The number of benzene rings is 1. The van der Waals surface area contributed by atoms with Crippen molar-refractivity contribution in [1.82, 2.24) is 9.36 Å². The number of rotatable bonds is 2. The highest BCUT2D eigenvalue weighted by Crippen LogP contribution is 2.41. The van der Waals surface area contributed by atoms with Gasteiger partial charge in [-0.2, -0.15) is 0 Å². The maximum atomic E-state index is 12.3. The average molecular weight is 308 g/mol. The van der Waals surface area contributed by atoms with Crippen LogP contribution in [0, 0.1) is 0 Å². The van der Waals surface area contributed by atoms with Gasteiger partial charge in [0.25, 0.3) is 5.56 Å². The Kier molecular flexibility index (Phi) is 2.59. The minimum Gasteiger partial charge on any atom is -0.393 e. The van der Waals surface area contributed by atoms with E-state index >= 15 is 0 Å². The van der Waals surface area contributed by atoms with Gasteiger partial charge in [-0.05, 0) is 31.0 Å². The Morgan fingerprint density at radius 3 is 2.72 bits per heavy atom. The largest absolute Gasteiger partial charge is 0.393 e. The lowest BCUT2D eigenvalue weighted by atomic mass is 10.2. The second-order valence-corrected chi connectivity index (χ2v) is 5.61. The topological polar surface area (TPSA) is 52.9 Å². The first-order valence-electron chi connectivity index (χ1n) is 5.93. The van der Waals surface area contributed by atoms with Gasteiger partial charge in [0, 0.05) is 17.4 Å². The third kappa shape index (κ3) is 1.70. The summed E-state index contributed by atoms with van der Waals surface area (Å²) in [6.07, 6.45) is 2.25. The van der Waals surface area contributed by atoms with Gasteiger partial charge in [0.15, 0.2) is 0 Å². The van der Waals surface area contributed by atoms with E-state index < -0.39 is 0 Å². The fourth-order valence-corrected chi connectivity index (χ4v) is 2.77. The van der Waals surface area contributed by atoms with E-state index in [1.165, 1.54) is 0 Å². The first kappa shape index (κ1) is 11.6. The number of nitrogen functional groups attached to an aromatic ring is 1. The lowest BCUT2D eigenvalue weighted by molar-refractivity contribution is 0.616. The smallest absolute Gasteiger partial charge is 0.294 e. The molecule has 1 aromatic heterocycles. The van der Waals surface area contributed by atoms with E-state index in [9.17, 15) is 4.79 Å². The molecule has 1 fully saturated rings. The molecule has 1 saturated carbocycles. The number of halogens is 1. The molecule has 1 aliphatic carbocycles. The Labute approximate surface area is 113 Å². The molecule has 2 aromatic rings. The SMILES string of the molecule is Cn1c(C2CC2)c(N)c(=O)n1-c1cccc(Br)c1. The summed E-state index contributed by atoms with van der Waals surface area (Å²) in [7, 11) is 1.90. The van der Waals surface area contributed by atoms with Crippen molar-refractivity contribution in [1.29, 1.82) is 0 Å². The van der Waals surface area contributed by atoms with Crippen LogP contribution in [0.25, 0.3) is 5.69 Å². The summed E-state index contributed by atoms with van der Waals surface area (Å²) in [6, 6.07) is 7.66. The van der Waals surface area contributed by atoms with Crippen LogP contribution in [0.15, 0.2) is 33.5 Å². The number of aromatic nitrogens is 2. The van der Waals surface area contributed by atoms with Crippen molar-refractivity contribution >= 4 is 21.6 Å². The van der Waals surface area contributed by atoms with Gasteiger partial charge in [0.2, 0.25) is 0 Å². The van der Waals surface area contributed by atoms with E-state index in [0.29, 0.717) is 11.6 Å². The molecule has 0 aliphatic heterocycles. The van der Waals surface area contributed by atoms with Crippen LogP contribution in [-0.2, 0) is 7.05 Å². The molecule has 2 N–H and O–H groups in total. The molecule has 4 nitrogen and oxygen atoms in total. The van der Waals surface area contributed by atoms with Crippen LogP contribution in [0.1, 0.15) is 24.5 Å². The zero-order chi connectivity index (χ0) is 12.9. The predicted octanol–water partition coefficient (Wildman–Crippen LogP) is 2.40. The minimum atomic E-state index is -0.127. The molecule has 1 aliphatic rings. The summed E-state index contributed by atoms with van der Waals surface area (Å²) in [4.78, 5) is 12.3. The highest BCUT2D eigenvalue weighted by Gasteiger charge is 2.31. The van der Waals surface area contributed by atoms with Crippen molar-refractivity contribution in [3.05, 3.63) is 44.8 Å². The van der Waals surface area contributed by atoms with Gasteiger partial charge in [0.1, 0.15) is 5.69 Å². The maximum absolute atomic E-state index is 12.3. The fourth-order valence-electron chi connectivity index (χ4n) is 2.38. The number of hydrogen-bond acceptors (Lipinski definition) is 2. The van der Waals surface area contributed by atoms with E-state index in [4.69, 9.17) is 5.73 Å². The van der Waals surface area contributed by atoms with Crippen molar-refractivity contribution in [2.75, 3.05) is 5.73 Å². The van der Waals surface area contributed by atoms with Gasteiger partial charge < -0.3 is 5.73 Å². The van der Waals surface area contributed by atoms with Gasteiger partial charge in [-0.15, -0.1) is 0 Å². The standard InChI is InChI=1S/C13H14BrN3O/c1-16-12(8-5-6-8)11(15)13(18)17(16)10-4-2-3-9(14)7-10/h2-4,7-8H,5-6,15H2,1H3. The highest BCUT2D eigenvalue weighted by molar-refractivity contribution is 9.10. The zero-order valence-corrected chi connectivity index (χ0v) is 11.6. The summed E-state index contributed by atoms with van der Waals surface area (Å²) >= 11 is 3.42. The van der Waals surface area contributed by atoms with Crippen molar-refractivity contribution in [2.24, 2.45) is 7.05 Å². The first-order chi connectivity index (χ1) is 8.59. The molecule has 5 heteroatoms. The Morgan fingerprint density at radius 1 is 1.39 bits per heavy atom. The number of nitrogens with zero attached hydrogens (tertiary/aromatic N) is 2. The van der Waals surface area contributed by atoms with E-state index in [1.807, 2.05) is 36.0 Å². The third-order valence-corrected chi connectivity index (χ3v) is 3.86. The minimum absolute atomic E-state index is 0.127. The second-order valence-electron chi connectivity index (χ2n) is 4.69. The van der Waals surface area contributed by atoms with Crippen LogP contribution in [-0.4, -0.2) is 9.36 Å². The van der Waals surface area contributed by atoms with Crippen LogP contribution in [0.2, 0.25) is 0 Å². The molecule has 0 atom stereocenters. The first-order valence-corrected chi connectivity index (χ1v) is 6.72. The average Bonchev–Trinajstić information content (AvgIpc) is 3.10. The van der Waals surface area contributed by atoms with Gasteiger partial charge in [-0.25, -0.2) is 4.68 Å². The quantitative estimate of drug-likeness (QED) is 0.926. The number of nitrogens with two attached hydrogens (primary N) is 1. The Balaban J connectivity index is 2.24. The van der Waals surface area contributed by atoms with Crippen molar-refractivity contribution in [2.45, 2.75) is 18.8 Å². The normalized spacial score (nSPS) is 15.0. The van der Waals surface area contributed by atoms with Gasteiger partial charge in [-0.1, -0.05) is 22.0 Å². The molecule has 18 heavy (non-hydrogen) atoms. The maximum Gasteiger partial charge on any atom is 0.294 e. The fraction of sp³-hybridized carbons (Fsp3) is 0.308. The third-order valence-electron chi connectivity index (χ3n) is 3.36. The lowest BCUT2D eigenvalue weighted by Crippen LogP contribution is -2.20. The second kappa shape index (κ2) is 4.02. The Morgan fingerprint density at radius 2 is 2.11 bits per heavy atom. The molecule has 0 saturated heterocycles. The Hall–Kier alpha value is -1.49. The molecular formula is C13H14BrN3O. The molecule has 0 radical (unpaired) electrons. The summed E-state index contributed by atoms with van der Waals surface area (Å²) in [5, 5.41) is 0. The monoisotopic (exact) mass is 307 g/mol. The van der Waals surface area contributed by atoms with Gasteiger partial charge in [-0.3, -0.25) is 9.48 Å². The molecule has 0 spiro atoms. The van der Waals surface area contributed by atoms with Crippen molar-refractivity contribution < 1.29 is 0 Å². The van der Waals surface area contributed by atoms with Crippen molar-refractivity contribution in [3.8, 4) is 5.69 Å². The van der Waals surface area contributed by atoms with Gasteiger partial charge in [0.05, 0.1) is 11.4 Å². The molecular weight excluding hydrogens is 294 g/mol. The lowest BCUT2D eigenvalue weighted by Gasteiger charge is -2.09. The highest BCUT2D eigenvalue weighted by atomic mass is 79.9. The summed E-state index contributed by atoms with van der Waals surface area (Å²) in [5.41, 5.74) is 8.02. The van der Waals surface area contributed by atoms with E-state index in [1.54, 1.807) is 4.68 Å². The summed E-state index contributed by atoms with van der Waals surface area (Å²) < 4.78 is 4.46. The van der Waals surface area contributed by atoms with Crippen LogP contribution in [0.4, 0.5) is 5.69 Å². The molecule has 0 amide bonds. The molecule has 1 heterocycles. The number of anilines is 1. The van der Waals surface area contributed by atoms with Crippen LogP contribution >= 0.6 is 15.9 Å². The predicted molar refractivity (Wildman–Crippen MR) is 75.1 cm³/mol. The van der Waals surface area contributed by atoms with E-state index in [0.717, 1.165) is 28.7 Å². The number of hydrogen-bond donors (Lipinski definition) is 1. The molecule has 0 bridgehead atoms.